The van der Waals surface area contributed by atoms with Gasteiger partial charge in [-0.1, -0.05) is 12.2 Å². The number of amides is 1. The van der Waals surface area contributed by atoms with Crippen molar-refractivity contribution in [2.75, 3.05) is 24.5 Å². The van der Waals surface area contributed by atoms with E-state index in [9.17, 15) is 4.79 Å². The van der Waals surface area contributed by atoms with Crippen LogP contribution in [-0.2, 0) is 4.79 Å². The number of nitrogens with one attached hydrogen (secondary N) is 1. The summed E-state index contributed by atoms with van der Waals surface area (Å²) in [6.07, 6.45) is 2.18. The number of nitrogens with zero attached hydrogens (tertiary/aromatic N) is 1. The third-order valence-corrected chi connectivity index (χ3v) is 4.71. The molecule has 0 saturated carbocycles. The molecule has 0 radical (unpaired) electrons. The van der Waals surface area contributed by atoms with Gasteiger partial charge in [-0.05, 0) is 52.9 Å². The van der Waals surface area contributed by atoms with Crippen LogP contribution in [0.5, 0.6) is 0 Å². The molecule has 1 aromatic carbocycles. The molecule has 21 heavy (non-hydrogen) atoms. The molecule has 0 bridgehead atoms. The molecule has 6 heteroatoms. The Hall–Kier alpha value is -1.14. The highest BCUT2D eigenvalue weighted by Gasteiger charge is 2.20. The van der Waals surface area contributed by atoms with E-state index in [-0.39, 0.29) is 5.91 Å². The molecular formula is C15H20BrN3OS. The van der Waals surface area contributed by atoms with Crippen LogP contribution in [0.2, 0.25) is 0 Å². The van der Waals surface area contributed by atoms with Crippen molar-refractivity contribution in [3.05, 3.63) is 28.2 Å². The van der Waals surface area contributed by atoms with Crippen molar-refractivity contribution in [1.82, 2.24) is 5.32 Å². The SMILES string of the molecule is CC(=O)NCC1CCN(c2ccc(C(N)=S)c(Br)c2)CC1. The standard InChI is InChI=1S/C15H20BrN3OS/c1-10(20)18-9-11-4-6-19(7-5-11)12-2-3-13(15(17)21)14(16)8-12/h2-3,8,11H,4-7,9H2,1H3,(H2,17,21)(H,18,20). The molecule has 0 unspecified atom stereocenters. The number of hydrogen-bond donors (Lipinski definition) is 2. The maximum Gasteiger partial charge on any atom is 0.216 e. The van der Waals surface area contributed by atoms with Crippen LogP contribution in [0.25, 0.3) is 0 Å². The molecule has 1 aliphatic heterocycles. The smallest absolute Gasteiger partial charge is 0.216 e. The summed E-state index contributed by atoms with van der Waals surface area (Å²) in [4.78, 5) is 13.7. The maximum absolute atomic E-state index is 10.9. The summed E-state index contributed by atoms with van der Waals surface area (Å²) in [6, 6.07) is 6.10. The Bertz CT molecular complexity index is 542. The fourth-order valence-electron chi connectivity index (χ4n) is 2.58. The molecule has 3 N–H and O–H groups in total. The van der Waals surface area contributed by atoms with E-state index in [1.807, 2.05) is 6.07 Å². The summed E-state index contributed by atoms with van der Waals surface area (Å²) in [5.74, 6) is 0.624. The summed E-state index contributed by atoms with van der Waals surface area (Å²) in [5.41, 5.74) is 7.72. The van der Waals surface area contributed by atoms with E-state index in [1.54, 1.807) is 6.92 Å². The molecule has 4 nitrogen and oxygen atoms in total. The average molecular weight is 370 g/mol. The summed E-state index contributed by atoms with van der Waals surface area (Å²) >= 11 is 8.54. The third-order valence-electron chi connectivity index (χ3n) is 3.84. The minimum atomic E-state index is 0.0507. The lowest BCUT2D eigenvalue weighted by atomic mass is 9.96. The fraction of sp³-hybridized carbons (Fsp3) is 0.467. The van der Waals surface area contributed by atoms with E-state index >= 15 is 0 Å². The Balaban J connectivity index is 1.94. The lowest BCUT2D eigenvalue weighted by Crippen LogP contribution is -2.38. The van der Waals surface area contributed by atoms with Crippen molar-refractivity contribution in [3.63, 3.8) is 0 Å². The zero-order valence-corrected chi connectivity index (χ0v) is 14.5. The summed E-state index contributed by atoms with van der Waals surface area (Å²) < 4.78 is 0.938. The Morgan fingerprint density at radius 2 is 2.14 bits per heavy atom. The van der Waals surface area contributed by atoms with Crippen molar-refractivity contribution in [2.45, 2.75) is 19.8 Å². The Morgan fingerprint density at radius 1 is 1.48 bits per heavy atom. The molecular weight excluding hydrogens is 350 g/mol. The van der Waals surface area contributed by atoms with Gasteiger partial charge in [0.1, 0.15) is 4.99 Å². The molecule has 0 aromatic heterocycles. The quantitative estimate of drug-likeness (QED) is 0.800. The molecule has 1 fully saturated rings. The lowest BCUT2D eigenvalue weighted by molar-refractivity contribution is -0.119. The number of halogens is 1. The highest BCUT2D eigenvalue weighted by atomic mass is 79.9. The van der Waals surface area contributed by atoms with E-state index in [0.29, 0.717) is 10.9 Å². The van der Waals surface area contributed by atoms with Crippen LogP contribution in [0.3, 0.4) is 0 Å². The van der Waals surface area contributed by atoms with Gasteiger partial charge in [-0.3, -0.25) is 4.79 Å². The predicted molar refractivity (Wildman–Crippen MR) is 93.7 cm³/mol. The molecule has 0 aliphatic carbocycles. The van der Waals surface area contributed by atoms with Crippen LogP contribution >= 0.6 is 28.1 Å². The number of hydrogen-bond acceptors (Lipinski definition) is 3. The van der Waals surface area contributed by atoms with Crippen LogP contribution in [0, 0.1) is 5.92 Å². The minimum absolute atomic E-state index is 0.0507. The number of rotatable bonds is 4. The second-order valence-electron chi connectivity index (χ2n) is 5.40. The fourth-order valence-corrected chi connectivity index (χ4v) is 3.47. The van der Waals surface area contributed by atoms with E-state index in [1.165, 1.54) is 5.69 Å². The second-order valence-corrected chi connectivity index (χ2v) is 6.69. The molecule has 1 amide bonds. The van der Waals surface area contributed by atoms with E-state index in [4.69, 9.17) is 18.0 Å². The Labute approximate surface area is 139 Å². The Kier molecular flexibility index (Phi) is 5.58. The first kappa shape index (κ1) is 16.2. The second kappa shape index (κ2) is 7.22. The molecule has 0 atom stereocenters. The van der Waals surface area contributed by atoms with Crippen molar-refractivity contribution >= 4 is 44.7 Å². The van der Waals surface area contributed by atoms with Gasteiger partial charge >= 0.3 is 0 Å². The molecule has 0 spiro atoms. The van der Waals surface area contributed by atoms with Gasteiger partial charge < -0.3 is 16.0 Å². The maximum atomic E-state index is 10.9. The van der Waals surface area contributed by atoms with Crippen molar-refractivity contribution in [3.8, 4) is 0 Å². The number of benzene rings is 1. The summed E-state index contributed by atoms with van der Waals surface area (Å²) in [6.45, 7) is 4.36. The van der Waals surface area contributed by atoms with E-state index < -0.39 is 0 Å². The van der Waals surface area contributed by atoms with Gasteiger partial charge in [-0.15, -0.1) is 0 Å². The topological polar surface area (TPSA) is 58.4 Å². The molecule has 1 aromatic rings. The monoisotopic (exact) mass is 369 g/mol. The summed E-state index contributed by atoms with van der Waals surface area (Å²) in [5, 5.41) is 2.91. The predicted octanol–water partition coefficient (Wildman–Crippen LogP) is 2.44. The minimum Gasteiger partial charge on any atom is -0.389 e. The van der Waals surface area contributed by atoms with Gasteiger partial charge in [0.2, 0.25) is 5.91 Å². The average Bonchev–Trinajstić information content (AvgIpc) is 2.45. The lowest BCUT2D eigenvalue weighted by Gasteiger charge is -2.34. The number of anilines is 1. The van der Waals surface area contributed by atoms with Crippen LogP contribution in [-0.4, -0.2) is 30.5 Å². The van der Waals surface area contributed by atoms with Crippen LogP contribution in [0.15, 0.2) is 22.7 Å². The third kappa shape index (κ3) is 4.41. The van der Waals surface area contributed by atoms with Gasteiger partial charge in [0.05, 0.1) is 0 Å². The normalized spacial score (nSPS) is 15.8. The first-order chi connectivity index (χ1) is 9.97. The number of nitrogens with two attached hydrogens (primary N) is 1. The highest BCUT2D eigenvalue weighted by Crippen LogP contribution is 2.27. The van der Waals surface area contributed by atoms with Gasteiger partial charge in [0.25, 0.3) is 0 Å². The van der Waals surface area contributed by atoms with Gasteiger partial charge in [0, 0.05) is 42.3 Å². The van der Waals surface area contributed by atoms with Gasteiger partial charge in [-0.25, -0.2) is 0 Å². The van der Waals surface area contributed by atoms with Gasteiger partial charge in [0.15, 0.2) is 0 Å². The van der Waals surface area contributed by atoms with Crippen LogP contribution < -0.4 is 16.0 Å². The molecule has 2 rings (SSSR count). The van der Waals surface area contributed by atoms with E-state index in [0.717, 1.165) is 42.5 Å². The zero-order valence-electron chi connectivity index (χ0n) is 12.1. The molecule has 114 valence electrons. The number of thiocarbonyl (C=S) groups is 1. The van der Waals surface area contributed by atoms with Crippen molar-refractivity contribution < 1.29 is 4.79 Å². The van der Waals surface area contributed by atoms with Crippen LogP contribution in [0.1, 0.15) is 25.3 Å². The number of piperidine rings is 1. The van der Waals surface area contributed by atoms with E-state index in [2.05, 4.69) is 38.3 Å². The van der Waals surface area contributed by atoms with Crippen molar-refractivity contribution in [1.29, 1.82) is 0 Å². The molecule has 1 saturated heterocycles. The molecule has 1 aliphatic rings. The van der Waals surface area contributed by atoms with Crippen molar-refractivity contribution in [2.24, 2.45) is 11.7 Å². The number of carbonyl (C=O) groups is 1. The zero-order chi connectivity index (χ0) is 15.4. The first-order valence-electron chi connectivity index (χ1n) is 7.06. The highest BCUT2D eigenvalue weighted by molar-refractivity contribution is 9.10. The Morgan fingerprint density at radius 3 is 2.67 bits per heavy atom. The molecule has 1 heterocycles. The number of carbonyl (C=O) groups excluding carboxylic acids is 1. The summed E-state index contributed by atoms with van der Waals surface area (Å²) in [7, 11) is 0. The first-order valence-corrected chi connectivity index (χ1v) is 8.26. The van der Waals surface area contributed by atoms with Gasteiger partial charge in [-0.2, -0.15) is 0 Å². The van der Waals surface area contributed by atoms with Crippen LogP contribution in [0.4, 0.5) is 5.69 Å². The largest absolute Gasteiger partial charge is 0.389 e.